The van der Waals surface area contributed by atoms with E-state index in [2.05, 4.69) is 4.74 Å². The quantitative estimate of drug-likeness (QED) is 0.678. The standard InChI is InChI=1S/C17H13NO3/c1-21-17(20)13-6-9-14(10-7-13)18-15-5-3-2-4-12(15)8-11-16(18)19/h2-11H,1H3. The summed E-state index contributed by atoms with van der Waals surface area (Å²) in [6.45, 7) is 0. The monoisotopic (exact) mass is 279 g/mol. The summed E-state index contributed by atoms with van der Waals surface area (Å²) in [7, 11) is 1.34. The molecule has 0 fully saturated rings. The number of benzene rings is 2. The van der Waals surface area contributed by atoms with Gasteiger partial charge in [0.2, 0.25) is 0 Å². The van der Waals surface area contributed by atoms with E-state index in [0.29, 0.717) is 11.3 Å². The molecule has 0 aliphatic rings. The highest BCUT2D eigenvalue weighted by molar-refractivity contribution is 5.89. The fraction of sp³-hybridized carbons (Fsp3) is 0.0588. The third-order valence-corrected chi connectivity index (χ3v) is 3.35. The lowest BCUT2D eigenvalue weighted by atomic mass is 10.1. The van der Waals surface area contributed by atoms with Crippen LogP contribution < -0.4 is 5.56 Å². The van der Waals surface area contributed by atoms with Crippen LogP contribution in [0.25, 0.3) is 16.6 Å². The van der Waals surface area contributed by atoms with E-state index in [1.807, 2.05) is 24.3 Å². The van der Waals surface area contributed by atoms with Crippen LogP contribution in [0.3, 0.4) is 0 Å². The lowest BCUT2D eigenvalue weighted by Gasteiger charge is -2.10. The van der Waals surface area contributed by atoms with E-state index >= 15 is 0 Å². The Morgan fingerprint density at radius 3 is 2.38 bits per heavy atom. The smallest absolute Gasteiger partial charge is 0.337 e. The van der Waals surface area contributed by atoms with Crippen LogP contribution in [-0.4, -0.2) is 17.6 Å². The molecule has 0 aliphatic carbocycles. The van der Waals surface area contributed by atoms with Crippen molar-refractivity contribution in [2.24, 2.45) is 0 Å². The van der Waals surface area contributed by atoms with Gasteiger partial charge in [0.25, 0.3) is 5.56 Å². The molecular formula is C17H13NO3. The first-order chi connectivity index (χ1) is 10.2. The first-order valence-corrected chi connectivity index (χ1v) is 6.50. The Balaban J connectivity index is 2.18. The average Bonchev–Trinajstić information content (AvgIpc) is 2.54. The van der Waals surface area contributed by atoms with Crippen LogP contribution in [0.1, 0.15) is 10.4 Å². The number of carbonyl (C=O) groups is 1. The molecule has 0 N–H and O–H groups in total. The molecule has 1 heterocycles. The lowest BCUT2D eigenvalue weighted by molar-refractivity contribution is 0.0601. The third-order valence-electron chi connectivity index (χ3n) is 3.35. The number of para-hydroxylation sites is 1. The van der Waals surface area contributed by atoms with Gasteiger partial charge in [-0.3, -0.25) is 9.36 Å². The van der Waals surface area contributed by atoms with Crippen LogP contribution in [0.2, 0.25) is 0 Å². The summed E-state index contributed by atoms with van der Waals surface area (Å²) in [6, 6.07) is 17.8. The molecule has 3 aromatic rings. The molecule has 3 rings (SSSR count). The molecule has 0 aliphatic heterocycles. The molecule has 0 spiro atoms. The van der Waals surface area contributed by atoms with Crippen molar-refractivity contribution in [2.45, 2.75) is 0 Å². The van der Waals surface area contributed by atoms with E-state index in [1.165, 1.54) is 13.2 Å². The molecule has 2 aromatic carbocycles. The van der Waals surface area contributed by atoms with E-state index < -0.39 is 5.97 Å². The van der Waals surface area contributed by atoms with Crippen molar-refractivity contribution >= 4 is 16.9 Å². The summed E-state index contributed by atoms with van der Waals surface area (Å²) in [5.41, 5.74) is 1.88. The van der Waals surface area contributed by atoms with Gasteiger partial charge in [-0.05, 0) is 41.8 Å². The van der Waals surface area contributed by atoms with Gasteiger partial charge in [-0.1, -0.05) is 18.2 Å². The molecule has 0 amide bonds. The Morgan fingerprint density at radius 1 is 0.952 bits per heavy atom. The molecule has 0 unspecified atom stereocenters. The van der Waals surface area contributed by atoms with E-state index in [4.69, 9.17) is 0 Å². The molecule has 21 heavy (non-hydrogen) atoms. The van der Waals surface area contributed by atoms with Crippen LogP contribution >= 0.6 is 0 Å². The second kappa shape index (κ2) is 5.25. The lowest BCUT2D eigenvalue weighted by Crippen LogP contribution is -2.17. The second-order valence-electron chi connectivity index (χ2n) is 4.60. The number of fused-ring (bicyclic) bond motifs is 1. The maximum atomic E-state index is 12.2. The van der Waals surface area contributed by atoms with Gasteiger partial charge in [0, 0.05) is 11.8 Å². The van der Waals surface area contributed by atoms with Crippen molar-refractivity contribution in [1.82, 2.24) is 4.57 Å². The van der Waals surface area contributed by atoms with Crippen LogP contribution in [0, 0.1) is 0 Å². The van der Waals surface area contributed by atoms with E-state index in [-0.39, 0.29) is 5.56 Å². The summed E-state index contributed by atoms with van der Waals surface area (Å²) >= 11 is 0. The predicted molar refractivity (Wildman–Crippen MR) is 80.9 cm³/mol. The van der Waals surface area contributed by atoms with Crippen molar-refractivity contribution in [2.75, 3.05) is 7.11 Å². The minimum Gasteiger partial charge on any atom is -0.465 e. The average molecular weight is 279 g/mol. The molecule has 1 aromatic heterocycles. The van der Waals surface area contributed by atoms with Gasteiger partial charge in [-0.15, -0.1) is 0 Å². The molecule has 4 nitrogen and oxygen atoms in total. The zero-order valence-electron chi connectivity index (χ0n) is 11.4. The number of rotatable bonds is 2. The van der Waals surface area contributed by atoms with Gasteiger partial charge in [0.05, 0.1) is 18.2 Å². The molecule has 0 atom stereocenters. The van der Waals surface area contributed by atoms with E-state index in [1.54, 1.807) is 34.9 Å². The molecule has 0 saturated heterocycles. The molecule has 4 heteroatoms. The fourth-order valence-electron chi connectivity index (χ4n) is 2.32. The predicted octanol–water partition coefficient (Wildman–Crippen LogP) is 2.78. The number of esters is 1. The van der Waals surface area contributed by atoms with Gasteiger partial charge in [-0.2, -0.15) is 0 Å². The zero-order chi connectivity index (χ0) is 14.8. The summed E-state index contributed by atoms with van der Waals surface area (Å²) in [6.07, 6.45) is 0. The number of pyridine rings is 1. The number of ether oxygens (including phenoxy) is 1. The number of carbonyl (C=O) groups excluding carboxylic acids is 1. The van der Waals surface area contributed by atoms with E-state index in [9.17, 15) is 9.59 Å². The summed E-state index contributed by atoms with van der Waals surface area (Å²) < 4.78 is 6.29. The number of aromatic nitrogens is 1. The van der Waals surface area contributed by atoms with Crippen molar-refractivity contribution in [3.8, 4) is 5.69 Å². The number of methoxy groups -OCH3 is 1. The highest BCUT2D eigenvalue weighted by atomic mass is 16.5. The molecule has 0 saturated carbocycles. The summed E-state index contributed by atoms with van der Waals surface area (Å²) in [4.78, 5) is 23.6. The Hall–Kier alpha value is -2.88. The van der Waals surface area contributed by atoms with Crippen LogP contribution in [0.5, 0.6) is 0 Å². The molecular weight excluding hydrogens is 266 g/mol. The number of nitrogens with zero attached hydrogens (tertiary/aromatic N) is 1. The topological polar surface area (TPSA) is 48.3 Å². The number of hydrogen-bond donors (Lipinski definition) is 0. The van der Waals surface area contributed by atoms with Gasteiger partial charge in [-0.25, -0.2) is 4.79 Å². The van der Waals surface area contributed by atoms with Gasteiger partial charge in [0.1, 0.15) is 0 Å². The minimum absolute atomic E-state index is 0.112. The SMILES string of the molecule is COC(=O)c1ccc(-n2c(=O)ccc3ccccc32)cc1. The maximum Gasteiger partial charge on any atom is 0.337 e. The van der Waals surface area contributed by atoms with Crippen LogP contribution in [-0.2, 0) is 4.74 Å². The van der Waals surface area contributed by atoms with Crippen molar-refractivity contribution in [3.63, 3.8) is 0 Å². The normalized spacial score (nSPS) is 10.5. The van der Waals surface area contributed by atoms with Crippen LogP contribution in [0.15, 0.2) is 65.5 Å². The minimum atomic E-state index is -0.396. The van der Waals surface area contributed by atoms with Crippen molar-refractivity contribution in [3.05, 3.63) is 76.6 Å². The Kier molecular flexibility index (Phi) is 3.28. The fourth-order valence-corrected chi connectivity index (χ4v) is 2.32. The Morgan fingerprint density at radius 2 is 1.67 bits per heavy atom. The Labute approximate surface area is 121 Å². The van der Waals surface area contributed by atoms with Gasteiger partial charge < -0.3 is 4.74 Å². The zero-order valence-corrected chi connectivity index (χ0v) is 11.4. The first kappa shape index (κ1) is 13.1. The maximum absolute atomic E-state index is 12.2. The number of hydrogen-bond acceptors (Lipinski definition) is 3. The highest BCUT2D eigenvalue weighted by Crippen LogP contribution is 2.16. The first-order valence-electron chi connectivity index (χ1n) is 6.50. The summed E-state index contributed by atoms with van der Waals surface area (Å²) in [5, 5.41) is 0.981. The largest absolute Gasteiger partial charge is 0.465 e. The van der Waals surface area contributed by atoms with Gasteiger partial charge in [0.15, 0.2) is 0 Å². The van der Waals surface area contributed by atoms with Crippen molar-refractivity contribution in [1.29, 1.82) is 0 Å². The third kappa shape index (κ3) is 2.31. The van der Waals surface area contributed by atoms with Crippen LogP contribution in [0.4, 0.5) is 0 Å². The Bertz CT molecular complexity index is 863. The van der Waals surface area contributed by atoms with Crippen molar-refractivity contribution < 1.29 is 9.53 Å². The van der Waals surface area contributed by atoms with Gasteiger partial charge >= 0.3 is 5.97 Å². The molecule has 104 valence electrons. The molecule has 0 radical (unpaired) electrons. The summed E-state index contributed by atoms with van der Waals surface area (Å²) in [5.74, 6) is -0.396. The highest BCUT2D eigenvalue weighted by Gasteiger charge is 2.08. The van der Waals surface area contributed by atoms with E-state index in [0.717, 1.165) is 10.9 Å². The second-order valence-corrected chi connectivity index (χ2v) is 4.60. The molecule has 0 bridgehead atoms.